The molecule has 0 unspecified atom stereocenters. The minimum Gasteiger partial charge on any atom is -0.464 e. The Labute approximate surface area is 221 Å². The van der Waals surface area contributed by atoms with Crippen LogP contribution in [0.5, 0.6) is 0 Å². The molecule has 37 heavy (non-hydrogen) atoms. The third kappa shape index (κ3) is 4.44. The summed E-state index contributed by atoms with van der Waals surface area (Å²) in [5, 5.41) is 4.97. The molecule has 0 spiro atoms. The first-order valence-corrected chi connectivity index (χ1v) is 12.5. The molecule has 1 N–H and O–H groups in total. The van der Waals surface area contributed by atoms with Crippen LogP contribution in [0.4, 0.5) is 0 Å². The summed E-state index contributed by atoms with van der Waals surface area (Å²) in [4.78, 5) is 39.7. The Kier molecular flexibility index (Phi) is 6.67. The number of hydrogen-bond donors (Lipinski definition) is 1. The van der Waals surface area contributed by atoms with Gasteiger partial charge in [-0.3, -0.25) is 14.2 Å². The SMILES string of the molecule is COC(=O)c1c(-c2ccccc2)c2cc(Br)ccc2c(=O)n1CCNC(=O)c1cc2ccccc2n1C. The van der Waals surface area contributed by atoms with E-state index in [4.69, 9.17) is 4.74 Å². The Bertz CT molecular complexity index is 1720. The fourth-order valence-electron chi connectivity index (χ4n) is 4.72. The molecule has 0 atom stereocenters. The quantitative estimate of drug-likeness (QED) is 0.293. The van der Waals surface area contributed by atoms with Crippen molar-refractivity contribution in [3.05, 3.63) is 105 Å². The summed E-state index contributed by atoms with van der Waals surface area (Å²) in [6, 6.07) is 24.4. The van der Waals surface area contributed by atoms with Crippen molar-refractivity contribution in [2.45, 2.75) is 6.54 Å². The zero-order valence-electron chi connectivity index (χ0n) is 20.3. The van der Waals surface area contributed by atoms with Gasteiger partial charge in [0.2, 0.25) is 0 Å². The molecule has 2 heterocycles. The fourth-order valence-corrected chi connectivity index (χ4v) is 5.08. The monoisotopic (exact) mass is 557 g/mol. The van der Waals surface area contributed by atoms with Gasteiger partial charge in [0.05, 0.1) is 7.11 Å². The van der Waals surface area contributed by atoms with Crippen molar-refractivity contribution >= 4 is 49.5 Å². The molecule has 186 valence electrons. The summed E-state index contributed by atoms with van der Waals surface area (Å²) in [6.07, 6.45) is 0. The van der Waals surface area contributed by atoms with Crippen LogP contribution in [0, 0.1) is 0 Å². The molecule has 0 aliphatic heterocycles. The number of carbonyl (C=O) groups excluding carboxylic acids is 2. The van der Waals surface area contributed by atoms with E-state index in [-0.39, 0.29) is 30.2 Å². The predicted molar refractivity (Wildman–Crippen MR) is 148 cm³/mol. The van der Waals surface area contributed by atoms with Gasteiger partial charge in [0.25, 0.3) is 11.5 Å². The van der Waals surface area contributed by atoms with Crippen molar-refractivity contribution < 1.29 is 14.3 Å². The number of esters is 1. The lowest BCUT2D eigenvalue weighted by Crippen LogP contribution is -2.34. The standard InChI is InChI=1S/C29H24BrN3O4/c1-32-23-11-7-6-10-19(23)16-24(32)27(34)31-14-15-33-26(29(36)37-2)25(18-8-4-3-5-9-18)22-17-20(30)12-13-21(22)28(33)35/h3-13,16-17H,14-15H2,1-2H3,(H,31,34). The maximum atomic E-state index is 13.6. The highest BCUT2D eigenvalue weighted by Gasteiger charge is 2.24. The Morgan fingerprint density at radius 2 is 1.68 bits per heavy atom. The van der Waals surface area contributed by atoms with Gasteiger partial charge in [0.1, 0.15) is 11.4 Å². The molecule has 0 bridgehead atoms. The van der Waals surface area contributed by atoms with Crippen LogP contribution in [0.25, 0.3) is 32.8 Å². The average molecular weight is 558 g/mol. The summed E-state index contributed by atoms with van der Waals surface area (Å²) in [5.41, 5.74) is 2.65. The van der Waals surface area contributed by atoms with Crippen LogP contribution in [0.15, 0.2) is 88.1 Å². The highest BCUT2D eigenvalue weighted by Crippen LogP contribution is 2.33. The zero-order chi connectivity index (χ0) is 26.1. The predicted octanol–water partition coefficient (Wildman–Crippen LogP) is 5.14. The molecule has 2 aromatic heterocycles. The van der Waals surface area contributed by atoms with E-state index < -0.39 is 5.97 Å². The van der Waals surface area contributed by atoms with Crippen molar-refractivity contribution in [2.24, 2.45) is 7.05 Å². The number of rotatable bonds is 6. The molecule has 7 nitrogen and oxygen atoms in total. The van der Waals surface area contributed by atoms with Gasteiger partial charge in [-0.05, 0) is 41.3 Å². The van der Waals surface area contributed by atoms with Crippen molar-refractivity contribution in [3.63, 3.8) is 0 Å². The topological polar surface area (TPSA) is 82.3 Å². The zero-order valence-corrected chi connectivity index (χ0v) is 21.9. The lowest BCUT2D eigenvalue weighted by molar-refractivity contribution is 0.0588. The Morgan fingerprint density at radius 1 is 0.946 bits per heavy atom. The van der Waals surface area contributed by atoms with Crippen LogP contribution in [0.1, 0.15) is 21.0 Å². The molecular formula is C29H24BrN3O4. The second kappa shape index (κ2) is 10.1. The third-order valence-corrected chi connectivity index (χ3v) is 6.97. The van der Waals surface area contributed by atoms with E-state index in [1.807, 2.05) is 78.3 Å². The number of carbonyl (C=O) groups is 2. The van der Waals surface area contributed by atoms with Gasteiger partial charge in [0, 0.05) is 46.5 Å². The van der Waals surface area contributed by atoms with Gasteiger partial charge < -0.3 is 14.6 Å². The summed E-state index contributed by atoms with van der Waals surface area (Å²) in [6.45, 7) is 0.227. The van der Waals surface area contributed by atoms with E-state index in [1.165, 1.54) is 11.7 Å². The molecule has 0 aliphatic carbocycles. The van der Waals surface area contributed by atoms with E-state index in [9.17, 15) is 14.4 Å². The normalized spacial score (nSPS) is 11.1. The summed E-state index contributed by atoms with van der Waals surface area (Å²) < 4.78 is 9.13. The van der Waals surface area contributed by atoms with Crippen LogP contribution in [-0.2, 0) is 18.3 Å². The molecule has 0 saturated heterocycles. The molecule has 0 fully saturated rings. The average Bonchev–Trinajstić information content (AvgIpc) is 3.26. The molecular weight excluding hydrogens is 534 g/mol. The van der Waals surface area contributed by atoms with Gasteiger partial charge in [0.15, 0.2) is 0 Å². The number of ether oxygens (including phenoxy) is 1. The maximum absolute atomic E-state index is 13.6. The van der Waals surface area contributed by atoms with Crippen LogP contribution < -0.4 is 10.9 Å². The second-order valence-electron chi connectivity index (χ2n) is 8.63. The first kappa shape index (κ1) is 24.5. The molecule has 5 aromatic rings. The summed E-state index contributed by atoms with van der Waals surface area (Å²) >= 11 is 3.48. The number of pyridine rings is 1. The minimum atomic E-state index is -0.627. The lowest BCUT2D eigenvalue weighted by Gasteiger charge is -2.19. The largest absolute Gasteiger partial charge is 0.464 e. The van der Waals surface area contributed by atoms with Crippen LogP contribution in [0.3, 0.4) is 0 Å². The van der Waals surface area contributed by atoms with Crippen LogP contribution >= 0.6 is 15.9 Å². The molecule has 8 heteroatoms. The number of aromatic nitrogens is 2. The van der Waals surface area contributed by atoms with E-state index in [1.54, 1.807) is 12.1 Å². The maximum Gasteiger partial charge on any atom is 0.355 e. The van der Waals surface area contributed by atoms with Gasteiger partial charge in [-0.1, -0.05) is 64.5 Å². The highest BCUT2D eigenvalue weighted by molar-refractivity contribution is 9.10. The first-order valence-electron chi connectivity index (χ1n) is 11.7. The number of para-hydroxylation sites is 1. The molecule has 0 aliphatic rings. The third-order valence-electron chi connectivity index (χ3n) is 6.48. The Morgan fingerprint density at radius 3 is 2.41 bits per heavy atom. The van der Waals surface area contributed by atoms with Gasteiger partial charge >= 0.3 is 5.97 Å². The van der Waals surface area contributed by atoms with E-state index in [0.717, 1.165) is 20.9 Å². The minimum absolute atomic E-state index is 0.0881. The first-order chi connectivity index (χ1) is 17.9. The van der Waals surface area contributed by atoms with Crippen molar-refractivity contribution in [1.29, 1.82) is 0 Å². The number of amides is 1. The van der Waals surface area contributed by atoms with Crippen LogP contribution in [0.2, 0.25) is 0 Å². The Hall–Kier alpha value is -4.17. The number of nitrogens with one attached hydrogen (secondary N) is 1. The second-order valence-corrected chi connectivity index (χ2v) is 9.55. The molecule has 3 aromatic carbocycles. The summed E-state index contributed by atoms with van der Waals surface area (Å²) in [7, 11) is 3.13. The molecule has 0 saturated carbocycles. The van der Waals surface area contributed by atoms with Crippen molar-refractivity contribution in [3.8, 4) is 11.1 Å². The number of methoxy groups -OCH3 is 1. The lowest BCUT2D eigenvalue weighted by atomic mass is 9.96. The smallest absolute Gasteiger partial charge is 0.355 e. The van der Waals surface area contributed by atoms with Gasteiger partial charge in [-0.2, -0.15) is 0 Å². The number of nitrogens with zero attached hydrogens (tertiary/aromatic N) is 2. The van der Waals surface area contributed by atoms with E-state index in [2.05, 4.69) is 21.2 Å². The fraction of sp³-hybridized carbons (Fsp3) is 0.138. The van der Waals surface area contributed by atoms with Gasteiger partial charge in [-0.15, -0.1) is 0 Å². The summed E-state index contributed by atoms with van der Waals surface area (Å²) in [5.74, 6) is -0.891. The number of aryl methyl sites for hydroxylation is 1. The Balaban J connectivity index is 1.57. The van der Waals surface area contributed by atoms with E-state index in [0.29, 0.717) is 22.0 Å². The van der Waals surface area contributed by atoms with E-state index >= 15 is 0 Å². The number of hydrogen-bond acceptors (Lipinski definition) is 4. The molecule has 0 radical (unpaired) electrons. The molecule has 5 rings (SSSR count). The number of halogens is 1. The number of benzene rings is 3. The van der Waals surface area contributed by atoms with Crippen molar-refractivity contribution in [2.75, 3.05) is 13.7 Å². The van der Waals surface area contributed by atoms with Crippen LogP contribution in [-0.4, -0.2) is 34.7 Å². The molecule has 1 amide bonds. The van der Waals surface area contributed by atoms with Gasteiger partial charge in [-0.25, -0.2) is 4.79 Å². The van der Waals surface area contributed by atoms with Crippen molar-refractivity contribution in [1.82, 2.24) is 14.5 Å². The highest BCUT2D eigenvalue weighted by atomic mass is 79.9. The number of fused-ring (bicyclic) bond motifs is 2.